The van der Waals surface area contributed by atoms with Gasteiger partial charge in [-0.05, 0) is 23.6 Å². The molecule has 0 aliphatic heterocycles. The highest BCUT2D eigenvalue weighted by Gasteiger charge is 2.10. The number of carbonyl (C=O) groups is 1. The third-order valence-corrected chi connectivity index (χ3v) is 2.80. The number of hydrogen-bond acceptors (Lipinski definition) is 3. The third kappa shape index (κ3) is 2.95. The van der Waals surface area contributed by atoms with E-state index < -0.39 is 10.8 Å². The van der Waals surface area contributed by atoms with E-state index in [1.54, 1.807) is 36.4 Å². The number of rotatable bonds is 4. The number of primary amides is 1. The lowest BCUT2D eigenvalue weighted by molar-refractivity contribution is -0.384. The van der Waals surface area contributed by atoms with E-state index in [1.165, 1.54) is 12.1 Å². The van der Waals surface area contributed by atoms with Gasteiger partial charge in [-0.2, -0.15) is 0 Å². The van der Waals surface area contributed by atoms with Gasteiger partial charge in [-0.25, -0.2) is 0 Å². The summed E-state index contributed by atoms with van der Waals surface area (Å²) in [4.78, 5) is 21.6. The number of nitrogens with two attached hydrogens (primary N) is 1. The van der Waals surface area contributed by atoms with Crippen LogP contribution in [-0.4, -0.2) is 10.8 Å². The van der Waals surface area contributed by atoms with E-state index in [0.717, 1.165) is 11.1 Å². The van der Waals surface area contributed by atoms with E-state index >= 15 is 0 Å². The van der Waals surface area contributed by atoms with Gasteiger partial charge in [0.05, 0.1) is 4.92 Å². The minimum absolute atomic E-state index is 0.0362. The Kier molecular flexibility index (Phi) is 3.56. The molecule has 2 rings (SSSR count). The summed E-state index contributed by atoms with van der Waals surface area (Å²) in [5.74, 6) is -0.499. The van der Waals surface area contributed by atoms with Crippen LogP contribution in [-0.2, 0) is 6.42 Å². The number of nitro benzene ring substituents is 1. The number of carbonyl (C=O) groups excluding carboxylic acids is 1. The molecule has 19 heavy (non-hydrogen) atoms. The predicted octanol–water partition coefficient (Wildman–Crippen LogP) is 2.28. The highest BCUT2D eigenvalue weighted by molar-refractivity contribution is 5.94. The minimum Gasteiger partial charge on any atom is -0.366 e. The van der Waals surface area contributed by atoms with Gasteiger partial charge in [0.15, 0.2) is 0 Å². The van der Waals surface area contributed by atoms with Gasteiger partial charge in [0.2, 0.25) is 5.91 Å². The summed E-state index contributed by atoms with van der Waals surface area (Å²) in [5, 5.41) is 10.7. The summed E-state index contributed by atoms with van der Waals surface area (Å²) in [6.07, 6.45) is 0.431. The summed E-state index contributed by atoms with van der Waals surface area (Å²) in [5.41, 5.74) is 7.30. The Hall–Kier alpha value is -2.69. The fourth-order valence-corrected chi connectivity index (χ4v) is 1.91. The summed E-state index contributed by atoms with van der Waals surface area (Å²) in [6, 6.07) is 13.3. The molecule has 96 valence electrons. The van der Waals surface area contributed by atoms with Crippen molar-refractivity contribution in [3.05, 3.63) is 75.3 Å². The van der Waals surface area contributed by atoms with Crippen molar-refractivity contribution in [2.24, 2.45) is 5.73 Å². The first-order valence-corrected chi connectivity index (χ1v) is 5.69. The maximum atomic E-state index is 11.3. The molecule has 0 radical (unpaired) electrons. The van der Waals surface area contributed by atoms with Crippen molar-refractivity contribution in [3.63, 3.8) is 0 Å². The molecule has 0 atom stereocenters. The molecule has 2 aromatic rings. The maximum absolute atomic E-state index is 11.3. The topological polar surface area (TPSA) is 86.2 Å². The normalized spacial score (nSPS) is 10.1. The molecule has 1 amide bonds. The van der Waals surface area contributed by atoms with E-state index in [9.17, 15) is 14.9 Å². The number of amides is 1. The fraction of sp³-hybridized carbons (Fsp3) is 0.0714. The molecule has 0 bridgehead atoms. The zero-order valence-electron chi connectivity index (χ0n) is 10.1. The van der Waals surface area contributed by atoms with Crippen LogP contribution in [0, 0.1) is 10.1 Å². The van der Waals surface area contributed by atoms with E-state index in [4.69, 9.17) is 5.73 Å². The van der Waals surface area contributed by atoms with Crippen LogP contribution in [0.2, 0.25) is 0 Å². The first-order valence-electron chi connectivity index (χ1n) is 5.69. The predicted molar refractivity (Wildman–Crippen MR) is 70.9 cm³/mol. The first-order chi connectivity index (χ1) is 9.08. The van der Waals surface area contributed by atoms with Crippen molar-refractivity contribution in [1.29, 1.82) is 0 Å². The summed E-state index contributed by atoms with van der Waals surface area (Å²) in [7, 11) is 0. The quantitative estimate of drug-likeness (QED) is 0.672. The van der Waals surface area contributed by atoms with Gasteiger partial charge in [-0.3, -0.25) is 14.9 Å². The molecule has 0 fully saturated rings. The number of hydrogen-bond donors (Lipinski definition) is 1. The van der Waals surface area contributed by atoms with Crippen LogP contribution < -0.4 is 5.73 Å². The van der Waals surface area contributed by atoms with Crippen LogP contribution in [0.5, 0.6) is 0 Å². The molecule has 2 aromatic carbocycles. The Labute approximate surface area is 109 Å². The minimum atomic E-state index is -0.499. The zero-order chi connectivity index (χ0) is 13.8. The molecular formula is C14H12N2O3. The highest BCUT2D eigenvalue weighted by atomic mass is 16.6. The van der Waals surface area contributed by atoms with Gasteiger partial charge in [0.1, 0.15) is 0 Å². The molecule has 0 unspecified atom stereocenters. The van der Waals surface area contributed by atoms with Gasteiger partial charge in [-0.15, -0.1) is 0 Å². The standard InChI is InChI=1S/C14H12N2O3/c15-14(17)13-7-2-1-5-11(13)8-10-4-3-6-12(9-10)16(18)19/h1-7,9H,8H2,(H2,15,17). The van der Waals surface area contributed by atoms with Crippen LogP contribution in [0.3, 0.4) is 0 Å². The van der Waals surface area contributed by atoms with E-state index in [-0.39, 0.29) is 5.69 Å². The van der Waals surface area contributed by atoms with Crippen molar-refractivity contribution < 1.29 is 9.72 Å². The molecule has 5 heteroatoms. The monoisotopic (exact) mass is 256 g/mol. The Morgan fingerprint density at radius 3 is 2.58 bits per heavy atom. The van der Waals surface area contributed by atoms with Crippen LogP contribution in [0.25, 0.3) is 0 Å². The van der Waals surface area contributed by atoms with Crippen LogP contribution >= 0.6 is 0 Å². The Balaban J connectivity index is 2.34. The van der Waals surface area contributed by atoms with E-state index in [2.05, 4.69) is 0 Å². The van der Waals surface area contributed by atoms with Gasteiger partial charge in [0, 0.05) is 17.7 Å². The third-order valence-electron chi connectivity index (χ3n) is 2.80. The molecule has 0 aliphatic carbocycles. The Morgan fingerprint density at radius 1 is 1.16 bits per heavy atom. The van der Waals surface area contributed by atoms with E-state index in [0.29, 0.717) is 12.0 Å². The van der Waals surface area contributed by atoms with Gasteiger partial charge < -0.3 is 5.73 Å². The Bertz CT molecular complexity index is 638. The number of nitro groups is 1. The average Bonchev–Trinajstić information content (AvgIpc) is 2.39. The summed E-state index contributed by atoms with van der Waals surface area (Å²) < 4.78 is 0. The second kappa shape index (κ2) is 5.30. The molecular weight excluding hydrogens is 244 g/mol. The second-order valence-corrected chi connectivity index (χ2v) is 4.13. The maximum Gasteiger partial charge on any atom is 0.269 e. The van der Waals surface area contributed by atoms with Crippen LogP contribution in [0.1, 0.15) is 21.5 Å². The lowest BCUT2D eigenvalue weighted by atomic mass is 9.99. The molecule has 0 aromatic heterocycles. The van der Waals surface area contributed by atoms with E-state index in [1.807, 2.05) is 0 Å². The summed E-state index contributed by atoms with van der Waals surface area (Å²) in [6.45, 7) is 0. The fourth-order valence-electron chi connectivity index (χ4n) is 1.91. The smallest absolute Gasteiger partial charge is 0.269 e. The van der Waals surface area contributed by atoms with Crippen molar-refractivity contribution in [2.45, 2.75) is 6.42 Å². The second-order valence-electron chi connectivity index (χ2n) is 4.13. The van der Waals surface area contributed by atoms with Crippen molar-refractivity contribution in [2.75, 3.05) is 0 Å². The molecule has 2 N–H and O–H groups in total. The lowest BCUT2D eigenvalue weighted by Gasteiger charge is -2.06. The molecule has 0 aliphatic rings. The molecule has 0 saturated heterocycles. The number of nitrogens with zero attached hydrogens (tertiary/aromatic N) is 1. The number of non-ortho nitro benzene ring substituents is 1. The average molecular weight is 256 g/mol. The van der Waals surface area contributed by atoms with Gasteiger partial charge >= 0.3 is 0 Å². The molecule has 0 saturated carbocycles. The SMILES string of the molecule is NC(=O)c1ccccc1Cc1cccc([N+](=O)[O-])c1. The number of benzene rings is 2. The van der Waals surface area contributed by atoms with Crippen molar-refractivity contribution >= 4 is 11.6 Å². The largest absolute Gasteiger partial charge is 0.366 e. The lowest BCUT2D eigenvalue weighted by Crippen LogP contribution is -2.13. The molecule has 0 heterocycles. The highest BCUT2D eigenvalue weighted by Crippen LogP contribution is 2.18. The van der Waals surface area contributed by atoms with Crippen molar-refractivity contribution in [1.82, 2.24) is 0 Å². The zero-order valence-corrected chi connectivity index (χ0v) is 10.1. The molecule has 5 nitrogen and oxygen atoms in total. The summed E-state index contributed by atoms with van der Waals surface area (Å²) >= 11 is 0. The first kappa shape index (κ1) is 12.8. The van der Waals surface area contributed by atoms with Crippen LogP contribution in [0.4, 0.5) is 5.69 Å². The van der Waals surface area contributed by atoms with Gasteiger partial charge in [-0.1, -0.05) is 30.3 Å². The van der Waals surface area contributed by atoms with Gasteiger partial charge in [0.25, 0.3) is 5.69 Å². The van der Waals surface area contributed by atoms with Crippen molar-refractivity contribution in [3.8, 4) is 0 Å². The Morgan fingerprint density at radius 2 is 1.89 bits per heavy atom. The van der Waals surface area contributed by atoms with Crippen LogP contribution in [0.15, 0.2) is 48.5 Å². The molecule has 0 spiro atoms.